The van der Waals surface area contributed by atoms with Gasteiger partial charge in [-0.05, 0) is 24.6 Å². The molecule has 0 unspecified atom stereocenters. The number of rotatable bonds is 5. The average Bonchev–Trinajstić information content (AvgIpc) is 3.29. The van der Waals surface area contributed by atoms with Crippen LogP contribution in [0.15, 0.2) is 18.2 Å². The Morgan fingerprint density at radius 3 is 2.74 bits per heavy atom. The summed E-state index contributed by atoms with van der Waals surface area (Å²) in [6.45, 7) is 5.94. The molecule has 1 aromatic carbocycles. The van der Waals surface area contributed by atoms with E-state index in [2.05, 4.69) is 0 Å². The molecule has 0 spiro atoms. The fourth-order valence-electron chi connectivity index (χ4n) is 3.98. The van der Waals surface area contributed by atoms with Gasteiger partial charge in [-0.2, -0.15) is 0 Å². The highest BCUT2D eigenvalue weighted by atomic mass is 16.6. The Bertz CT molecular complexity index is 672. The average molecular weight is 379 g/mol. The quantitative estimate of drug-likeness (QED) is 0.847. The molecule has 2 saturated heterocycles. The Morgan fingerprint density at radius 1 is 1.37 bits per heavy atom. The number of nitrogens with zero attached hydrogens (tertiary/aromatic N) is 1. The molecule has 27 heavy (non-hydrogen) atoms. The molecule has 0 radical (unpaired) electrons. The lowest BCUT2D eigenvalue weighted by molar-refractivity contribution is 0.0470. The largest absolute Gasteiger partial charge is 0.493 e. The van der Waals surface area contributed by atoms with Crippen LogP contribution in [0.4, 0.5) is 4.79 Å². The summed E-state index contributed by atoms with van der Waals surface area (Å²) in [5.41, 5.74) is 0.510. The van der Waals surface area contributed by atoms with Crippen molar-refractivity contribution >= 4 is 6.09 Å². The summed E-state index contributed by atoms with van der Waals surface area (Å²) in [4.78, 5) is 13.7. The van der Waals surface area contributed by atoms with Gasteiger partial charge in [-0.1, -0.05) is 13.0 Å². The third kappa shape index (κ3) is 3.84. The third-order valence-electron chi connectivity index (χ3n) is 5.89. The van der Waals surface area contributed by atoms with Crippen LogP contribution < -0.4 is 9.47 Å². The van der Waals surface area contributed by atoms with Crippen LogP contribution in [0.1, 0.15) is 31.7 Å². The molecule has 3 rings (SSSR count). The fourth-order valence-corrected chi connectivity index (χ4v) is 3.98. The molecule has 2 heterocycles. The monoisotopic (exact) mass is 379 g/mol. The predicted octanol–water partition coefficient (Wildman–Crippen LogP) is 2.42. The van der Waals surface area contributed by atoms with Crippen molar-refractivity contribution in [3.05, 3.63) is 23.8 Å². The van der Waals surface area contributed by atoms with Gasteiger partial charge in [0.05, 0.1) is 33.5 Å². The molecule has 0 aromatic heterocycles. The minimum absolute atomic E-state index is 0.00689. The van der Waals surface area contributed by atoms with E-state index in [1.807, 2.05) is 25.1 Å². The summed E-state index contributed by atoms with van der Waals surface area (Å²) >= 11 is 0. The van der Waals surface area contributed by atoms with Crippen molar-refractivity contribution in [1.29, 1.82) is 0 Å². The normalized spacial score (nSPS) is 28.9. The first-order valence-corrected chi connectivity index (χ1v) is 9.32. The zero-order valence-corrected chi connectivity index (χ0v) is 16.4. The number of methoxy groups -OCH3 is 2. The standard InChI is InChI=1S/C20H29NO6/c1-13(22)20(2)12-21(19(23)25-4)10-16(20)14-5-6-17(24-3)18(9-14)27-15-7-8-26-11-15/h5-6,9,13,15-16,22H,7-8,10-12H2,1-4H3/t13-,15-,16+,20+/m1/s1. The van der Waals surface area contributed by atoms with Crippen molar-refractivity contribution in [1.82, 2.24) is 4.90 Å². The van der Waals surface area contributed by atoms with Gasteiger partial charge in [0.25, 0.3) is 0 Å². The summed E-state index contributed by atoms with van der Waals surface area (Å²) in [6.07, 6.45) is -0.116. The van der Waals surface area contributed by atoms with E-state index in [9.17, 15) is 9.90 Å². The first kappa shape index (κ1) is 19.8. The highest BCUT2D eigenvalue weighted by Crippen LogP contribution is 2.47. The molecular formula is C20H29NO6. The number of hydrogen-bond donors (Lipinski definition) is 1. The van der Waals surface area contributed by atoms with Crippen LogP contribution in [0.2, 0.25) is 0 Å². The SMILES string of the molecule is COC(=O)N1C[C@@H](c2ccc(OC)c(O[C@@H]3CCOC3)c2)[C@](C)([C@@H](C)O)C1. The number of benzene rings is 1. The van der Waals surface area contributed by atoms with Crippen molar-refractivity contribution in [3.63, 3.8) is 0 Å². The van der Waals surface area contributed by atoms with Gasteiger partial charge in [-0.25, -0.2) is 4.79 Å². The number of likely N-dealkylation sites (tertiary alicyclic amines) is 1. The van der Waals surface area contributed by atoms with Gasteiger partial charge < -0.3 is 29.0 Å². The van der Waals surface area contributed by atoms with Crippen LogP contribution in [0.5, 0.6) is 11.5 Å². The molecule has 0 saturated carbocycles. The maximum atomic E-state index is 12.1. The van der Waals surface area contributed by atoms with Gasteiger partial charge in [0.15, 0.2) is 11.5 Å². The Labute approximate surface area is 160 Å². The maximum absolute atomic E-state index is 12.1. The number of aliphatic hydroxyl groups is 1. The van der Waals surface area contributed by atoms with E-state index in [-0.39, 0.29) is 18.1 Å². The summed E-state index contributed by atoms with van der Waals surface area (Å²) in [5, 5.41) is 10.5. The zero-order chi connectivity index (χ0) is 19.6. The molecular weight excluding hydrogens is 350 g/mol. The summed E-state index contributed by atoms with van der Waals surface area (Å²) in [7, 11) is 2.99. The first-order chi connectivity index (χ1) is 12.9. The summed E-state index contributed by atoms with van der Waals surface area (Å²) in [5.74, 6) is 1.27. The Balaban J connectivity index is 1.91. The Kier molecular flexibility index (Phi) is 5.81. The highest BCUT2D eigenvalue weighted by Gasteiger charge is 2.48. The van der Waals surface area contributed by atoms with Crippen molar-refractivity contribution in [3.8, 4) is 11.5 Å². The second-order valence-corrected chi connectivity index (χ2v) is 7.60. The number of carbonyl (C=O) groups is 1. The number of ether oxygens (including phenoxy) is 4. The number of aliphatic hydroxyl groups excluding tert-OH is 1. The third-order valence-corrected chi connectivity index (χ3v) is 5.89. The smallest absolute Gasteiger partial charge is 0.409 e. The van der Waals surface area contributed by atoms with Gasteiger partial charge in [-0.15, -0.1) is 0 Å². The zero-order valence-electron chi connectivity index (χ0n) is 16.4. The van der Waals surface area contributed by atoms with Crippen LogP contribution in [0, 0.1) is 5.41 Å². The summed E-state index contributed by atoms with van der Waals surface area (Å²) in [6, 6.07) is 5.82. The topological polar surface area (TPSA) is 77.5 Å². The molecule has 1 amide bonds. The van der Waals surface area contributed by atoms with E-state index >= 15 is 0 Å². The van der Waals surface area contributed by atoms with E-state index in [0.29, 0.717) is 37.8 Å². The van der Waals surface area contributed by atoms with Gasteiger partial charge in [0, 0.05) is 30.8 Å². The molecule has 150 valence electrons. The van der Waals surface area contributed by atoms with Crippen LogP contribution in [-0.4, -0.2) is 68.8 Å². The van der Waals surface area contributed by atoms with Crippen molar-refractivity contribution < 1.29 is 28.8 Å². The van der Waals surface area contributed by atoms with Crippen molar-refractivity contribution in [2.45, 2.75) is 38.4 Å². The molecule has 7 heteroatoms. The lowest BCUT2D eigenvalue weighted by Gasteiger charge is -2.33. The number of hydrogen-bond acceptors (Lipinski definition) is 6. The van der Waals surface area contributed by atoms with E-state index in [1.54, 1.807) is 18.9 Å². The molecule has 0 bridgehead atoms. The minimum atomic E-state index is -0.591. The lowest BCUT2D eigenvalue weighted by atomic mass is 9.72. The van der Waals surface area contributed by atoms with Crippen LogP contribution >= 0.6 is 0 Å². The second-order valence-electron chi connectivity index (χ2n) is 7.60. The van der Waals surface area contributed by atoms with Crippen molar-refractivity contribution in [2.24, 2.45) is 5.41 Å². The molecule has 1 N–H and O–H groups in total. The lowest BCUT2D eigenvalue weighted by Crippen LogP contribution is -2.38. The second kappa shape index (κ2) is 7.94. The maximum Gasteiger partial charge on any atom is 0.409 e. The highest BCUT2D eigenvalue weighted by molar-refractivity contribution is 5.68. The van der Waals surface area contributed by atoms with Gasteiger partial charge in [0.1, 0.15) is 6.10 Å². The van der Waals surface area contributed by atoms with Gasteiger partial charge in [-0.3, -0.25) is 0 Å². The van der Waals surface area contributed by atoms with Gasteiger partial charge >= 0.3 is 6.09 Å². The Hall–Kier alpha value is -1.99. The van der Waals surface area contributed by atoms with Crippen molar-refractivity contribution in [2.75, 3.05) is 40.5 Å². The molecule has 7 nitrogen and oxygen atoms in total. The van der Waals surface area contributed by atoms with Crippen LogP contribution in [0.25, 0.3) is 0 Å². The fraction of sp³-hybridized carbons (Fsp3) is 0.650. The van der Waals surface area contributed by atoms with E-state index in [4.69, 9.17) is 18.9 Å². The molecule has 2 fully saturated rings. The molecule has 2 aliphatic heterocycles. The van der Waals surface area contributed by atoms with Crippen LogP contribution in [-0.2, 0) is 9.47 Å². The molecule has 2 aliphatic rings. The molecule has 1 aromatic rings. The van der Waals surface area contributed by atoms with Crippen LogP contribution in [0.3, 0.4) is 0 Å². The summed E-state index contributed by atoms with van der Waals surface area (Å²) < 4.78 is 21.8. The number of carbonyl (C=O) groups excluding carboxylic acids is 1. The molecule has 4 atom stereocenters. The molecule has 0 aliphatic carbocycles. The first-order valence-electron chi connectivity index (χ1n) is 9.32. The van der Waals surface area contributed by atoms with Gasteiger partial charge in [0.2, 0.25) is 0 Å². The number of amides is 1. The Morgan fingerprint density at radius 2 is 2.15 bits per heavy atom. The minimum Gasteiger partial charge on any atom is -0.493 e. The van der Waals surface area contributed by atoms with E-state index in [0.717, 1.165) is 12.0 Å². The van der Waals surface area contributed by atoms with E-state index < -0.39 is 11.5 Å². The van der Waals surface area contributed by atoms with E-state index in [1.165, 1.54) is 7.11 Å². The predicted molar refractivity (Wildman–Crippen MR) is 99.4 cm³/mol.